The maximum atomic E-state index is 12.3. The molecule has 1 N–H and O–H groups in total. The normalized spacial score (nSPS) is 10.7. The van der Waals surface area contributed by atoms with Crippen molar-refractivity contribution in [2.24, 2.45) is 5.16 Å². The lowest BCUT2D eigenvalue weighted by Crippen LogP contribution is -2.12. The van der Waals surface area contributed by atoms with E-state index in [1.807, 2.05) is 48.5 Å². The van der Waals surface area contributed by atoms with Crippen molar-refractivity contribution in [3.63, 3.8) is 0 Å². The van der Waals surface area contributed by atoms with Crippen molar-refractivity contribution in [2.75, 3.05) is 5.32 Å². The first-order valence-electron chi connectivity index (χ1n) is 8.07. The number of carbonyl (C=O) groups excluding carboxylic acids is 1. The van der Waals surface area contributed by atoms with Gasteiger partial charge in [0.15, 0.2) is 0 Å². The van der Waals surface area contributed by atoms with Crippen LogP contribution in [0.2, 0.25) is 5.02 Å². The Balaban J connectivity index is 1.60. The summed E-state index contributed by atoms with van der Waals surface area (Å²) >= 11 is 6.05. The van der Waals surface area contributed by atoms with Gasteiger partial charge in [-0.3, -0.25) is 4.79 Å². The zero-order chi connectivity index (χ0) is 18.2. The summed E-state index contributed by atoms with van der Waals surface area (Å²) in [4.78, 5) is 17.6. The molecule has 0 fully saturated rings. The average molecular weight is 365 g/mol. The van der Waals surface area contributed by atoms with Gasteiger partial charge >= 0.3 is 0 Å². The van der Waals surface area contributed by atoms with E-state index in [9.17, 15) is 4.79 Å². The summed E-state index contributed by atoms with van der Waals surface area (Å²) in [6.07, 6.45) is 1.61. The highest BCUT2D eigenvalue weighted by Crippen LogP contribution is 2.17. The third-order valence-corrected chi connectivity index (χ3v) is 3.94. The van der Waals surface area contributed by atoms with Crippen LogP contribution < -0.4 is 5.32 Å². The number of rotatable bonds is 6. The molecule has 0 saturated carbocycles. The second-order valence-electron chi connectivity index (χ2n) is 5.55. The van der Waals surface area contributed by atoms with Crippen LogP contribution in [0.5, 0.6) is 0 Å². The fraction of sp³-hybridized carbons (Fsp3) is 0.0476. The van der Waals surface area contributed by atoms with Gasteiger partial charge in [-0.25, -0.2) is 0 Å². The first-order chi connectivity index (χ1) is 12.7. The van der Waals surface area contributed by atoms with Crippen molar-refractivity contribution in [2.45, 2.75) is 6.61 Å². The fourth-order valence-electron chi connectivity index (χ4n) is 2.32. The molecule has 0 aliphatic heterocycles. The number of amides is 1. The van der Waals surface area contributed by atoms with E-state index in [4.69, 9.17) is 16.4 Å². The zero-order valence-corrected chi connectivity index (χ0v) is 14.7. The largest absolute Gasteiger partial charge is 0.391 e. The Morgan fingerprint density at radius 2 is 1.77 bits per heavy atom. The molecule has 0 saturated heterocycles. The van der Waals surface area contributed by atoms with Gasteiger partial charge in [-0.1, -0.05) is 71.4 Å². The summed E-state index contributed by atoms with van der Waals surface area (Å²) in [6.45, 7) is 0.403. The number of hydrogen-bond donors (Lipinski definition) is 1. The Morgan fingerprint density at radius 3 is 2.58 bits per heavy atom. The molecule has 0 aliphatic carbocycles. The highest BCUT2D eigenvalue weighted by Gasteiger charge is 2.09. The van der Waals surface area contributed by atoms with Gasteiger partial charge in [0.2, 0.25) is 0 Å². The third-order valence-electron chi connectivity index (χ3n) is 3.61. The Kier molecular flexibility index (Phi) is 6.01. The Hall–Kier alpha value is -3.11. The summed E-state index contributed by atoms with van der Waals surface area (Å²) < 4.78 is 0. The second-order valence-corrected chi connectivity index (χ2v) is 5.96. The SMILES string of the molecule is O=C(Nc1cccc(/C=N/OCc2ccccc2)c1)c1ccccc1Cl. The van der Waals surface area contributed by atoms with Gasteiger partial charge < -0.3 is 10.2 Å². The van der Waals surface area contributed by atoms with Crippen molar-refractivity contribution < 1.29 is 9.63 Å². The van der Waals surface area contributed by atoms with Gasteiger partial charge in [0.25, 0.3) is 5.91 Å². The molecule has 26 heavy (non-hydrogen) atoms. The van der Waals surface area contributed by atoms with Crippen LogP contribution in [-0.2, 0) is 11.4 Å². The van der Waals surface area contributed by atoms with Crippen molar-refractivity contribution in [1.82, 2.24) is 0 Å². The van der Waals surface area contributed by atoms with Crippen molar-refractivity contribution >= 4 is 29.4 Å². The molecule has 3 rings (SSSR count). The highest BCUT2D eigenvalue weighted by molar-refractivity contribution is 6.34. The van der Waals surface area contributed by atoms with E-state index in [0.717, 1.165) is 11.1 Å². The van der Waals surface area contributed by atoms with Gasteiger partial charge in [-0.2, -0.15) is 0 Å². The van der Waals surface area contributed by atoms with Gasteiger partial charge in [0.1, 0.15) is 6.61 Å². The predicted molar refractivity (Wildman–Crippen MR) is 105 cm³/mol. The molecule has 0 spiro atoms. The minimum atomic E-state index is -0.259. The predicted octanol–water partition coefficient (Wildman–Crippen LogP) is 5.14. The quantitative estimate of drug-likeness (QED) is 0.486. The average Bonchev–Trinajstić information content (AvgIpc) is 2.67. The zero-order valence-electron chi connectivity index (χ0n) is 13.9. The molecule has 0 bridgehead atoms. The summed E-state index contributed by atoms with van der Waals surface area (Å²) in [7, 11) is 0. The molecule has 0 aliphatic rings. The highest BCUT2D eigenvalue weighted by atomic mass is 35.5. The van der Waals surface area contributed by atoms with Crippen LogP contribution in [0.3, 0.4) is 0 Å². The first-order valence-corrected chi connectivity index (χ1v) is 8.45. The number of anilines is 1. The van der Waals surface area contributed by atoms with E-state index in [2.05, 4.69) is 10.5 Å². The lowest BCUT2D eigenvalue weighted by molar-refractivity contribution is 0.102. The summed E-state index contributed by atoms with van der Waals surface area (Å²) in [5.41, 5.74) is 2.95. The standard InChI is InChI=1S/C21H17ClN2O2/c22-20-12-5-4-11-19(20)21(25)24-18-10-6-9-17(13-18)14-23-26-15-16-7-2-1-3-8-16/h1-14H,15H2,(H,24,25)/b23-14+. The maximum absolute atomic E-state index is 12.3. The number of hydrogen-bond acceptors (Lipinski definition) is 3. The molecule has 0 unspecified atom stereocenters. The van der Waals surface area contributed by atoms with Crippen LogP contribution >= 0.6 is 11.6 Å². The number of carbonyl (C=O) groups is 1. The lowest BCUT2D eigenvalue weighted by Gasteiger charge is -2.07. The molecule has 0 atom stereocenters. The molecular formula is C21H17ClN2O2. The minimum absolute atomic E-state index is 0.259. The van der Waals surface area contributed by atoms with Crippen LogP contribution in [-0.4, -0.2) is 12.1 Å². The van der Waals surface area contributed by atoms with E-state index >= 15 is 0 Å². The second kappa shape index (κ2) is 8.83. The van der Waals surface area contributed by atoms with E-state index in [1.54, 1.807) is 36.5 Å². The third kappa shape index (κ3) is 4.94. The molecule has 0 heterocycles. The molecular weight excluding hydrogens is 348 g/mol. The molecule has 130 valence electrons. The van der Waals surface area contributed by atoms with Crippen LogP contribution in [0, 0.1) is 0 Å². The molecule has 0 aromatic heterocycles. The van der Waals surface area contributed by atoms with Crippen LogP contribution in [0.4, 0.5) is 5.69 Å². The van der Waals surface area contributed by atoms with E-state index in [0.29, 0.717) is 22.9 Å². The van der Waals surface area contributed by atoms with Gasteiger partial charge in [0, 0.05) is 5.69 Å². The van der Waals surface area contributed by atoms with E-state index in [1.165, 1.54) is 0 Å². The topological polar surface area (TPSA) is 50.7 Å². The molecule has 3 aromatic carbocycles. The smallest absolute Gasteiger partial charge is 0.257 e. The number of halogens is 1. The van der Waals surface area contributed by atoms with E-state index in [-0.39, 0.29) is 5.91 Å². The maximum Gasteiger partial charge on any atom is 0.257 e. The van der Waals surface area contributed by atoms with Crippen LogP contribution in [0.25, 0.3) is 0 Å². The lowest BCUT2D eigenvalue weighted by atomic mass is 10.2. The summed E-state index contributed by atoms with van der Waals surface area (Å²) in [5, 5.41) is 7.21. The fourth-order valence-corrected chi connectivity index (χ4v) is 2.55. The first kappa shape index (κ1) is 17.7. The Morgan fingerprint density at radius 1 is 1.00 bits per heavy atom. The van der Waals surface area contributed by atoms with E-state index < -0.39 is 0 Å². The number of nitrogens with zero attached hydrogens (tertiary/aromatic N) is 1. The van der Waals surface area contributed by atoms with Crippen molar-refractivity contribution in [1.29, 1.82) is 0 Å². The minimum Gasteiger partial charge on any atom is -0.391 e. The van der Waals surface area contributed by atoms with Gasteiger partial charge in [-0.15, -0.1) is 0 Å². The van der Waals surface area contributed by atoms with Crippen LogP contribution in [0.1, 0.15) is 21.5 Å². The summed E-state index contributed by atoms with van der Waals surface area (Å²) in [6, 6.07) is 24.0. The number of benzene rings is 3. The Labute approximate surface area is 157 Å². The molecule has 4 nitrogen and oxygen atoms in total. The molecule has 3 aromatic rings. The van der Waals surface area contributed by atoms with Gasteiger partial charge in [-0.05, 0) is 35.4 Å². The molecule has 0 radical (unpaired) electrons. The van der Waals surface area contributed by atoms with Crippen molar-refractivity contribution in [3.8, 4) is 0 Å². The van der Waals surface area contributed by atoms with Gasteiger partial charge in [0.05, 0.1) is 16.8 Å². The number of oxime groups is 1. The van der Waals surface area contributed by atoms with Crippen LogP contribution in [0.15, 0.2) is 84.0 Å². The summed E-state index contributed by atoms with van der Waals surface area (Å²) in [5.74, 6) is -0.259. The van der Waals surface area contributed by atoms with Crippen molar-refractivity contribution in [3.05, 3.63) is 101 Å². The molecule has 5 heteroatoms. The number of nitrogens with one attached hydrogen (secondary N) is 1. The molecule has 1 amide bonds. The monoisotopic (exact) mass is 364 g/mol. The Bertz CT molecular complexity index is 911.